The summed E-state index contributed by atoms with van der Waals surface area (Å²) in [6, 6.07) is 15.0. The summed E-state index contributed by atoms with van der Waals surface area (Å²) < 4.78 is 10.7. The number of nitrogens with zero attached hydrogens (tertiary/aromatic N) is 4. The third kappa shape index (κ3) is 6.27. The number of hydrogen-bond donors (Lipinski definition) is 1. The third-order valence-corrected chi connectivity index (χ3v) is 5.82. The molecule has 1 N–H and O–H groups in total. The molecular weight excluding hydrogens is 442 g/mol. The van der Waals surface area contributed by atoms with Gasteiger partial charge >= 0.3 is 0 Å². The van der Waals surface area contributed by atoms with Gasteiger partial charge in [-0.15, -0.1) is 0 Å². The molecule has 0 saturated carbocycles. The minimum absolute atomic E-state index is 0.0279. The number of benzene rings is 2. The van der Waals surface area contributed by atoms with Gasteiger partial charge in [-0.2, -0.15) is 5.26 Å². The minimum atomic E-state index is -0.224. The summed E-state index contributed by atoms with van der Waals surface area (Å²) in [5.41, 5.74) is 3.30. The predicted molar refractivity (Wildman–Crippen MR) is 136 cm³/mol. The molecule has 0 fully saturated rings. The first kappa shape index (κ1) is 25.5. The van der Waals surface area contributed by atoms with Crippen molar-refractivity contribution in [1.29, 1.82) is 5.26 Å². The first-order valence-corrected chi connectivity index (χ1v) is 11.5. The van der Waals surface area contributed by atoms with E-state index in [1.54, 1.807) is 44.7 Å². The molecule has 3 aromatic rings. The number of carbonyl (C=O) groups is 1. The Hall–Kier alpha value is -4.12. The van der Waals surface area contributed by atoms with Crippen LogP contribution < -0.4 is 19.7 Å². The summed E-state index contributed by atoms with van der Waals surface area (Å²) in [7, 11) is 5.14. The van der Waals surface area contributed by atoms with Crippen LogP contribution in [0.1, 0.15) is 41.8 Å². The fourth-order valence-electron chi connectivity index (χ4n) is 3.48. The monoisotopic (exact) mass is 473 g/mol. The van der Waals surface area contributed by atoms with E-state index in [1.165, 1.54) is 0 Å². The predicted octanol–water partition coefficient (Wildman–Crippen LogP) is 4.24. The Bertz CT molecular complexity index is 1200. The van der Waals surface area contributed by atoms with E-state index in [0.717, 1.165) is 24.0 Å². The largest absolute Gasteiger partial charge is 0.493 e. The molecule has 1 amide bonds. The van der Waals surface area contributed by atoms with Crippen LogP contribution in [-0.4, -0.2) is 49.7 Å². The lowest BCUT2D eigenvalue weighted by atomic mass is 10.0. The molecule has 1 atom stereocenters. The Kier molecular flexibility index (Phi) is 8.63. The molecule has 0 radical (unpaired) electrons. The van der Waals surface area contributed by atoms with Crippen molar-refractivity contribution in [2.24, 2.45) is 0 Å². The summed E-state index contributed by atoms with van der Waals surface area (Å²) in [5, 5.41) is 12.1. The fourth-order valence-corrected chi connectivity index (χ4v) is 3.48. The Labute approximate surface area is 206 Å². The zero-order valence-corrected chi connectivity index (χ0v) is 20.8. The number of anilines is 1. The molecule has 3 rings (SSSR count). The Balaban J connectivity index is 1.87. The molecule has 0 bridgehead atoms. The average molecular weight is 474 g/mol. The lowest BCUT2D eigenvalue weighted by Gasteiger charge is -2.20. The lowest BCUT2D eigenvalue weighted by Crippen LogP contribution is -2.33. The molecule has 0 saturated heterocycles. The SMILES string of the molecule is CCC(C)NC(=O)c1cnc(N(C)CCc2ccc(OC)c(OC)c2)nc1-c1ccc(C#N)cc1. The number of methoxy groups -OCH3 is 2. The molecule has 0 aliphatic rings. The van der Waals surface area contributed by atoms with Gasteiger partial charge in [0, 0.05) is 31.4 Å². The van der Waals surface area contributed by atoms with Gasteiger partial charge in [0.05, 0.1) is 37.1 Å². The van der Waals surface area contributed by atoms with Crippen LogP contribution in [0.2, 0.25) is 0 Å². The van der Waals surface area contributed by atoms with Gasteiger partial charge in [0.1, 0.15) is 0 Å². The second-order valence-corrected chi connectivity index (χ2v) is 8.27. The topological polar surface area (TPSA) is 100 Å². The van der Waals surface area contributed by atoms with Crippen LogP contribution in [0.4, 0.5) is 5.95 Å². The molecular formula is C27H31N5O3. The number of rotatable bonds is 10. The number of ether oxygens (including phenoxy) is 2. The number of amides is 1. The molecule has 0 aliphatic carbocycles. The van der Waals surface area contributed by atoms with Crippen LogP contribution in [0.25, 0.3) is 11.3 Å². The average Bonchev–Trinajstić information content (AvgIpc) is 2.90. The van der Waals surface area contributed by atoms with Crippen molar-refractivity contribution < 1.29 is 14.3 Å². The summed E-state index contributed by atoms with van der Waals surface area (Å²) in [6.45, 7) is 4.62. The quantitative estimate of drug-likeness (QED) is 0.470. The molecule has 35 heavy (non-hydrogen) atoms. The van der Waals surface area contributed by atoms with Crippen molar-refractivity contribution in [2.45, 2.75) is 32.7 Å². The number of aromatic nitrogens is 2. The second-order valence-electron chi connectivity index (χ2n) is 8.27. The second kappa shape index (κ2) is 11.8. The van der Waals surface area contributed by atoms with E-state index in [9.17, 15) is 4.79 Å². The number of hydrogen-bond acceptors (Lipinski definition) is 7. The van der Waals surface area contributed by atoms with E-state index in [-0.39, 0.29) is 11.9 Å². The highest BCUT2D eigenvalue weighted by Crippen LogP contribution is 2.28. The summed E-state index contributed by atoms with van der Waals surface area (Å²) in [6.07, 6.45) is 3.12. The van der Waals surface area contributed by atoms with Gasteiger partial charge in [0.25, 0.3) is 5.91 Å². The maximum atomic E-state index is 13.0. The van der Waals surface area contributed by atoms with Gasteiger partial charge in [-0.05, 0) is 49.6 Å². The molecule has 182 valence electrons. The zero-order valence-electron chi connectivity index (χ0n) is 20.8. The van der Waals surface area contributed by atoms with Crippen LogP contribution in [-0.2, 0) is 6.42 Å². The molecule has 1 heterocycles. The van der Waals surface area contributed by atoms with Crippen LogP contribution >= 0.6 is 0 Å². The highest BCUT2D eigenvalue weighted by molar-refractivity contribution is 6.00. The normalized spacial score (nSPS) is 11.3. The highest BCUT2D eigenvalue weighted by Gasteiger charge is 2.19. The molecule has 8 heteroatoms. The molecule has 1 aromatic heterocycles. The first-order chi connectivity index (χ1) is 16.9. The van der Waals surface area contributed by atoms with Gasteiger partial charge in [-0.25, -0.2) is 9.97 Å². The Morgan fingerprint density at radius 2 is 1.86 bits per heavy atom. The molecule has 0 aliphatic heterocycles. The van der Waals surface area contributed by atoms with E-state index in [0.29, 0.717) is 40.8 Å². The lowest BCUT2D eigenvalue weighted by molar-refractivity contribution is 0.0939. The van der Waals surface area contributed by atoms with Crippen molar-refractivity contribution in [3.63, 3.8) is 0 Å². The van der Waals surface area contributed by atoms with Gasteiger partial charge in [0.2, 0.25) is 5.95 Å². The van der Waals surface area contributed by atoms with E-state index < -0.39 is 0 Å². The van der Waals surface area contributed by atoms with Crippen LogP contribution in [0, 0.1) is 11.3 Å². The van der Waals surface area contributed by atoms with Gasteiger partial charge in [-0.3, -0.25) is 4.79 Å². The van der Waals surface area contributed by atoms with Gasteiger partial charge < -0.3 is 19.7 Å². The molecule has 0 spiro atoms. The van der Waals surface area contributed by atoms with E-state index >= 15 is 0 Å². The number of nitriles is 1. The van der Waals surface area contributed by atoms with Gasteiger partial charge in [-0.1, -0.05) is 25.1 Å². The Morgan fingerprint density at radius 3 is 2.49 bits per heavy atom. The van der Waals surface area contributed by atoms with Crippen molar-refractivity contribution >= 4 is 11.9 Å². The van der Waals surface area contributed by atoms with Crippen LogP contribution in [0.3, 0.4) is 0 Å². The maximum absolute atomic E-state index is 13.0. The maximum Gasteiger partial charge on any atom is 0.255 e. The number of carbonyl (C=O) groups excluding carboxylic acids is 1. The van der Waals surface area contributed by atoms with Crippen LogP contribution in [0.5, 0.6) is 11.5 Å². The minimum Gasteiger partial charge on any atom is -0.493 e. The Morgan fingerprint density at radius 1 is 1.14 bits per heavy atom. The molecule has 8 nitrogen and oxygen atoms in total. The van der Waals surface area contributed by atoms with Crippen LogP contribution in [0.15, 0.2) is 48.7 Å². The highest BCUT2D eigenvalue weighted by atomic mass is 16.5. The van der Waals surface area contributed by atoms with Crippen molar-refractivity contribution in [2.75, 3.05) is 32.7 Å². The summed E-state index contributed by atoms with van der Waals surface area (Å²) >= 11 is 0. The standard InChI is InChI=1S/C27H31N5O3/c1-6-18(2)30-26(33)22-17-29-27(31-25(22)21-10-7-20(16-28)8-11-21)32(3)14-13-19-9-12-23(34-4)24(15-19)35-5/h7-12,15,17-18H,6,13-14H2,1-5H3,(H,30,33). The van der Waals surface area contributed by atoms with E-state index in [2.05, 4.69) is 16.4 Å². The van der Waals surface area contributed by atoms with Crippen molar-refractivity contribution in [3.05, 3.63) is 65.4 Å². The fraction of sp³-hybridized carbons (Fsp3) is 0.333. The smallest absolute Gasteiger partial charge is 0.255 e. The summed E-state index contributed by atoms with van der Waals surface area (Å²) in [5.74, 6) is 1.65. The number of likely N-dealkylation sites (N-methyl/N-ethyl adjacent to an activating group) is 1. The van der Waals surface area contributed by atoms with Gasteiger partial charge in [0.15, 0.2) is 11.5 Å². The van der Waals surface area contributed by atoms with E-state index in [1.807, 2.05) is 44.0 Å². The number of nitrogens with one attached hydrogen (secondary N) is 1. The molecule has 1 unspecified atom stereocenters. The summed E-state index contributed by atoms with van der Waals surface area (Å²) in [4.78, 5) is 24.1. The first-order valence-electron chi connectivity index (χ1n) is 11.5. The molecule has 2 aromatic carbocycles. The third-order valence-electron chi connectivity index (χ3n) is 5.82. The van der Waals surface area contributed by atoms with Crippen molar-refractivity contribution in [1.82, 2.24) is 15.3 Å². The zero-order chi connectivity index (χ0) is 25.4. The van der Waals surface area contributed by atoms with E-state index in [4.69, 9.17) is 19.7 Å². The van der Waals surface area contributed by atoms with Crippen molar-refractivity contribution in [3.8, 4) is 28.8 Å².